The summed E-state index contributed by atoms with van der Waals surface area (Å²) in [5.41, 5.74) is 1.44. The number of amides is 1. The van der Waals surface area contributed by atoms with Crippen molar-refractivity contribution in [3.8, 4) is 11.5 Å². The Hall–Kier alpha value is -3.04. The normalized spacial score (nSPS) is 15.9. The number of hydrogen-bond donors (Lipinski definition) is 2. The van der Waals surface area contributed by atoms with Crippen LogP contribution in [0.2, 0.25) is 0 Å². The van der Waals surface area contributed by atoms with Crippen LogP contribution in [0.4, 0.5) is 5.69 Å². The van der Waals surface area contributed by atoms with Crippen molar-refractivity contribution in [2.24, 2.45) is 4.99 Å². The van der Waals surface area contributed by atoms with Gasteiger partial charge in [0, 0.05) is 4.47 Å². The predicted molar refractivity (Wildman–Crippen MR) is 121 cm³/mol. The maximum Gasteiger partial charge on any atom is 0.335 e. The second-order valence-electron chi connectivity index (χ2n) is 5.96. The molecule has 1 amide bonds. The molecule has 7 nitrogen and oxygen atoms in total. The molecule has 0 atom stereocenters. The number of aromatic carboxylic acids is 1. The van der Waals surface area contributed by atoms with Gasteiger partial charge in [0.05, 0.1) is 23.3 Å². The third-order valence-electron chi connectivity index (χ3n) is 3.92. The number of ether oxygens (including phenoxy) is 2. The molecule has 30 heavy (non-hydrogen) atoms. The van der Waals surface area contributed by atoms with Gasteiger partial charge >= 0.3 is 5.97 Å². The van der Waals surface area contributed by atoms with Gasteiger partial charge in [-0.2, -0.15) is 0 Å². The number of carboxylic acid groups (broad SMARTS) is 1. The van der Waals surface area contributed by atoms with Gasteiger partial charge in [0.15, 0.2) is 16.7 Å². The van der Waals surface area contributed by atoms with Crippen molar-refractivity contribution in [3.05, 3.63) is 69.6 Å². The second-order valence-corrected chi connectivity index (χ2v) is 7.84. The molecule has 0 radical (unpaired) electrons. The lowest BCUT2D eigenvalue weighted by atomic mass is 10.2. The number of aliphatic imine (C=N–C) groups is 1. The molecule has 2 aromatic rings. The van der Waals surface area contributed by atoms with Gasteiger partial charge in [-0.25, -0.2) is 9.79 Å². The average molecular weight is 489 g/mol. The lowest BCUT2D eigenvalue weighted by molar-refractivity contribution is -0.115. The molecule has 1 aliphatic heterocycles. The zero-order valence-electron chi connectivity index (χ0n) is 15.8. The fourth-order valence-electron chi connectivity index (χ4n) is 2.50. The summed E-state index contributed by atoms with van der Waals surface area (Å²) in [6.07, 6.45) is 3.36. The Morgan fingerprint density at radius 2 is 2.03 bits per heavy atom. The molecule has 1 fully saturated rings. The van der Waals surface area contributed by atoms with Crippen molar-refractivity contribution >= 4 is 56.5 Å². The van der Waals surface area contributed by atoms with E-state index in [1.54, 1.807) is 43.5 Å². The summed E-state index contributed by atoms with van der Waals surface area (Å²) < 4.78 is 11.7. The van der Waals surface area contributed by atoms with E-state index in [0.717, 1.165) is 10.0 Å². The third-order valence-corrected chi connectivity index (χ3v) is 5.52. The van der Waals surface area contributed by atoms with Crippen LogP contribution < -0.4 is 14.8 Å². The Morgan fingerprint density at radius 3 is 2.67 bits per heavy atom. The molecule has 1 aliphatic rings. The minimum absolute atomic E-state index is 0.168. The molecule has 0 spiro atoms. The monoisotopic (exact) mass is 488 g/mol. The molecule has 0 unspecified atom stereocenters. The first-order valence-electron chi connectivity index (χ1n) is 8.65. The highest BCUT2D eigenvalue weighted by atomic mass is 79.9. The number of methoxy groups -OCH3 is 1. The largest absolute Gasteiger partial charge is 0.493 e. The van der Waals surface area contributed by atoms with Gasteiger partial charge in [-0.3, -0.25) is 4.79 Å². The van der Waals surface area contributed by atoms with Crippen LogP contribution >= 0.6 is 27.7 Å². The van der Waals surface area contributed by atoms with Crippen molar-refractivity contribution < 1.29 is 24.2 Å². The van der Waals surface area contributed by atoms with Gasteiger partial charge in [-0.05, 0) is 59.8 Å². The first kappa shape index (κ1) is 21.7. The van der Waals surface area contributed by atoms with Crippen molar-refractivity contribution in [3.63, 3.8) is 0 Å². The first-order valence-corrected chi connectivity index (χ1v) is 10.3. The molecule has 1 saturated heterocycles. The van der Waals surface area contributed by atoms with E-state index in [1.807, 2.05) is 0 Å². The number of amidine groups is 1. The summed E-state index contributed by atoms with van der Waals surface area (Å²) in [6, 6.07) is 9.61. The van der Waals surface area contributed by atoms with Crippen molar-refractivity contribution in [1.82, 2.24) is 5.32 Å². The summed E-state index contributed by atoms with van der Waals surface area (Å²) in [7, 11) is 1.54. The number of rotatable bonds is 7. The average Bonchev–Trinajstić information content (AvgIpc) is 3.07. The minimum Gasteiger partial charge on any atom is -0.493 e. The number of hydrogen-bond acceptors (Lipinski definition) is 6. The van der Waals surface area contributed by atoms with Crippen LogP contribution in [-0.2, 0) is 4.79 Å². The van der Waals surface area contributed by atoms with E-state index in [1.165, 1.54) is 23.9 Å². The standard InChI is InChI=1S/C21H17BrN2O5S/c1-3-8-29-17-11-15(22)13(9-16(17)28-2)10-18-19(25)24-21(30-18)23-14-6-4-12(5-7-14)20(26)27/h3-7,9-11H,1,8H2,2H3,(H,26,27)(H,23,24,25)/b18-10-. The lowest BCUT2D eigenvalue weighted by Gasteiger charge is -2.11. The number of carbonyl (C=O) groups is 2. The number of halogens is 1. The maximum atomic E-state index is 12.4. The molecular weight excluding hydrogens is 472 g/mol. The van der Waals surface area contributed by atoms with E-state index in [-0.39, 0.29) is 11.5 Å². The Kier molecular flexibility index (Phi) is 6.96. The summed E-state index contributed by atoms with van der Waals surface area (Å²) in [6.45, 7) is 3.97. The molecule has 2 aromatic carbocycles. The van der Waals surface area contributed by atoms with Crippen LogP contribution in [0.3, 0.4) is 0 Å². The molecule has 0 aromatic heterocycles. The SMILES string of the molecule is C=CCOc1cc(Br)c(/C=C2\SC(=Nc3ccc(C(=O)O)cc3)NC2=O)cc1OC. The smallest absolute Gasteiger partial charge is 0.335 e. The van der Waals surface area contributed by atoms with E-state index < -0.39 is 5.97 Å². The summed E-state index contributed by atoms with van der Waals surface area (Å²) >= 11 is 4.68. The number of carbonyl (C=O) groups excluding carboxylic acids is 1. The fourth-order valence-corrected chi connectivity index (χ4v) is 3.77. The minimum atomic E-state index is -1.01. The quantitative estimate of drug-likeness (QED) is 0.436. The maximum absolute atomic E-state index is 12.4. The molecule has 154 valence electrons. The zero-order valence-corrected chi connectivity index (χ0v) is 18.2. The van der Waals surface area contributed by atoms with Gasteiger partial charge < -0.3 is 19.9 Å². The van der Waals surface area contributed by atoms with Crippen LogP contribution in [0.25, 0.3) is 6.08 Å². The highest BCUT2D eigenvalue weighted by molar-refractivity contribution is 9.10. The van der Waals surface area contributed by atoms with Crippen LogP contribution in [0.1, 0.15) is 15.9 Å². The van der Waals surface area contributed by atoms with Crippen LogP contribution in [-0.4, -0.2) is 35.9 Å². The van der Waals surface area contributed by atoms with Crippen LogP contribution in [0.5, 0.6) is 11.5 Å². The van der Waals surface area contributed by atoms with E-state index in [9.17, 15) is 9.59 Å². The van der Waals surface area contributed by atoms with E-state index in [0.29, 0.717) is 33.9 Å². The van der Waals surface area contributed by atoms with Crippen LogP contribution in [0, 0.1) is 0 Å². The fraction of sp³-hybridized carbons (Fsp3) is 0.0952. The number of thioether (sulfide) groups is 1. The lowest BCUT2D eigenvalue weighted by Crippen LogP contribution is -2.19. The highest BCUT2D eigenvalue weighted by Gasteiger charge is 2.24. The van der Waals surface area contributed by atoms with Crippen LogP contribution in [0.15, 0.2) is 63.4 Å². The molecule has 0 aliphatic carbocycles. The van der Waals surface area contributed by atoms with E-state index in [2.05, 4.69) is 32.8 Å². The number of carboxylic acids is 1. The molecule has 2 N–H and O–H groups in total. The molecule has 0 saturated carbocycles. The summed E-state index contributed by atoms with van der Waals surface area (Å²) in [4.78, 5) is 28.1. The van der Waals surface area contributed by atoms with Gasteiger partial charge in [0.2, 0.25) is 0 Å². The van der Waals surface area contributed by atoms with Crippen molar-refractivity contribution in [2.45, 2.75) is 0 Å². The Bertz CT molecular complexity index is 1060. The topological polar surface area (TPSA) is 97.2 Å². The highest BCUT2D eigenvalue weighted by Crippen LogP contribution is 2.36. The zero-order chi connectivity index (χ0) is 21.7. The molecule has 1 heterocycles. The first-order chi connectivity index (χ1) is 14.4. The Labute approximate surface area is 185 Å². The summed E-state index contributed by atoms with van der Waals surface area (Å²) in [5, 5.41) is 12.1. The van der Waals surface area contributed by atoms with E-state index in [4.69, 9.17) is 14.6 Å². The number of benzene rings is 2. The predicted octanol–water partition coefficient (Wildman–Crippen LogP) is 4.61. The molecular formula is C21H17BrN2O5S. The van der Waals surface area contributed by atoms with Crippen molar-refractivity contribution in [2.75, 3.05) is 13.7 Å². The Balaban J connectivity index is 1.83. The molecule has 0 bridgehead atoms. The Morgan fingerprint density at radius 1 is 1.30 bits per heavy atom. The second kappa shape index (κ2) is 9.64. The number of nitrogens with one attached hydrogen (secondary N) is 1. The van der Waals surface area contributed by atoms with Crippen molar-refractivity contribution in [1.29, 1.82) is 0 Å². The van der Waals surface area contributed by atoms with Gasteiger partial charge in [-0.15, -0.1) is 0 Å². The third kappa shape index (κ3) is 5.11. The number of nitrogens with zero attached hydrogens (tertiary/aromatic N) is 1. The van der Waals surface area contributed by atoms with Gasteiger partial charge in [-0.1, -0.05) is 28.6 Å². The van der Waals surface area contributed by atoms with Gasteiger partial charge in [0.1, 0.15) is 6.61 Å². The molecule has 9 heteroatoms. The summed E-state index contributed by atoms with van der Waals surface area (Å²) in [5.74, 6) is -0.201. The molecule has 3 rings (SSSR count). The van der Waals surface area contributed by atoms with Gasteiger partial charge in [0.25, 0.3) is 5.91 Å². The van der Waals surface area contributed by atoms with E-state index >= 15 is 0 Å².